The first-order valence-electron chi connectivity index (χ1n) is 5.64. The molecule has 0 radical (unpaired) electrons. The van der Waals surface area contributed by atoms with Crippen LogP contribution in [-0.2, 0) is 4.79 Å². The van der Waals surface area contributed by atoms with Crippen molar-refractivity contribution in [3.05, 3.63) is 28.2 Å². The molecule has 0 aromatic heterocycles. The Kier molecular flexibility index (Phi) is 5.64. The fourth-order valence-electron chi connectivity index (χ4n) is 1.36. The number of halogens is 1. The zero-order chi connectivity index (χ0) is 13.5. The summed E-state index contributed by atoms with van der Waals surface area (Å²) in [6.45, 7) is 2.75. The first kappa shape index (κ1) is 14.5. The molecule has 0 aliphatic rings. The van der Waals surface area contributed by atoms with Crippen molar-refractivity contribution >= 4 is 33.4 Å². The van der Waals surface area contributed by atoms with Crippen LogP contribution in [0.1, 0.15) is 23.7 Å². The number of hydrogen-bond donors (Lipinski definition) is 3. The smallest absolute Gasteiger partial charge is 0.251 e. The van der Waals surface area contributed by atoms with Crippen molar-refractivity contribution < 1.29 is 9.59 Å². The number of benzene rings is 1. The molecule has 18 heavy (non-hydrogen) atoms. The van der Waals surface area contributed by atoms with Crippen LogP contribution < -0.4 is 16.4 Å². The van der Waals surface area contributed by atoms with Crippen molar-refractivity contribution in [2.24, 2.45) is 0 Å². The van der Waals surface area contributed by atoms with Crippen LogP contribution in [0.2, 0.25) is 0 Å². The Bertz CT molecular complexity index is 449. The van der Waals surface area contributed by atoms with Gasteiger partial charge in [0.1, 0.15) is 0 Å². The molecule has 6 heteroatoms. The van der Waals surface area contributed by atoms with Gasteiger partial charge in [0.2, 0.25) is 5.91 Å². The van der Waals surface area contributed by atoms with E-state index < -0.39 is 0 Å². The second kappa shape index (κ2) is 7.00. The van der Waals surface area contributed by atoms with E-state index in [0.717, 1.165) is 4.47 Å². The average molecular weight is 314 g/mol. The molecule has 4 N–H and O–H groups in total. The molecule has 1 aromatic carbocycles. The van der Waals surface area contributed by atoms with Gasteiger partial charge >= 0.3 is 0 Å². The van der Waals surface area contributed by atoms with Gasteiger partial charge in [0.25, 0.3) is 5.91 Å². The number of carbonyl (C=O) groups is 2. The molecular weight excluding hydrogens is 298 g/mol. The molecular formula is C12H16BrN3O2. The molecule has 0 atom stereocenters. The predicted molar refractivity (Wildman–Crippen MR) is 74.2 cm³/mol. The van der Waals surface area contributed by atoms with Crippen LogP contribution in [-0.4, -0.2) is 24.9 Å². The normalized spacial score (nSPS) is 9.89. The quantitative estimate of drug-likeness (QED) is 0.716. The number of rotatable bonds is 5. The van der Waals surface area contributed by atoms with E-state index in [1.165, 1.54) is 0 Å². The summed E-state index contributed by atoms with van der Waals surface area (Å²) < 4.78 is 0.751. The maximum Gasteiger partial charge on any atom is 0.251 e. The van der Waals surface area contributed by atoms with Gasteiger partial charge < -0.3 is 16.4 Å². The summed E-state index contributed by atoms with van der Waals surface area (Å²) >= 11 is 3.26. The van der Waals surface area contributed by atoms with E-state index in [-0.39, 0.29) is 18.2 Å². The van der Waals surface area contributed by atoms with E-state index in [0.29, 0.717) is 24.3 Å². The number of hydrogen-bond acceptors (Lipinski definition) is 3. The van der Waals surface area contributed by atoms with Crippen molar-refractivity contribution in [3.63, 3.8) is 0 Å². The van der Waals surface area contributed by atoms with Gasteiger partial charge in [0, 0.05) is 35.2 Å². The first-order valence-corrected chi connectivity index (χ1v) is 6.43. The Morgan fingerprint density at radius 3 is 2.67 bits per heavy atom. The van der Waals surface area contributed by atoms with Gasteiger partial charge in [-0.2, -0.15) is 0 Å². The zero-order valence-electron chi connectivity index (χ0n) is 10.1. The highest BCUT2D eigenvalue weighted by molar-refractivity contribution is 9.10. The van der Waals surface area contributed by atoms with Crippen molar-refractivity contribution in [2.45, 2.75) is 13.3 Å². The number of nitrogens with two attached hydrogens (primary N) is 1. The van der Waals surface area contributed by atoms with Crippen LogP contribution in [0.3, 0.4) is 0 Å². The van der Waals surface area contributed by atoms with Crippen LogP contribution in [0.15, 0.2) is 22.7 Å². The van der Waals surface area contributed by atoms with Gasteiger partial charge in [0.05, 0.1) is 0 Å². The zero-order valence-corrected chi connectivity index (χ0v) is 11.7. The summed E-state index contributed by atoms with van der Waals surface area (Å²) in [5.41, 5.74) is 6.67. The minimum atomic E-state index is -0.238. The molecule has 1 rings (SSSR count). The molecule has 0 spiro atoms. The first-order chi connectivity index (χ1) is 8.54. The molecule has 0 saturated carbocycles. The van der Waals surface area contributed by atoms with E-state index in [4.69, 9.17) is 5.73 Å². The summed E-state index contributed by atoms with van der Waals surface area (Å²) in [7, 11) is 0. The fourth-order valence-corrected chi connectivity index (χ4v) is 1.61. The highest BCUT2D eigenvalue weighted by Crippen LogP contribution is 2.19. The fraction of sp³-hybridized carbons (Fsp3) is 0.333. The minimum Gasteiger partial charge on any atom is -0.398 e. The molecule has 98 valence electrons. The number of amides is 2. The monoisotopic (exact) mass is 313 g/mol. The van der Waals surface area contributed by atoms with Crippen LogP contribution in [0, 0.1) is 0 Å². The van der Waals surface area contributed by atoms with Gasteiger partial charge in [-0.15, -0.1) is 0 Å². The van der Waals surface area contributed by atoms with Gasteiger partial charge in [-0.25, -0.2) is 0 Å². The van der Waals surface area contributed by atoms with Crippen molar-refractivity contribution in [1.29, 1.82) is 0 Å². The standard InChI is InChI=1S/C12H16BrN3O2/c1-2-15-11(17)5-6-16-12(18)8-3-4-9(13)10(14)7-8/h3-4,7H,2,5-6,14H2,1H3,(H,15,17)(H,16,18). The Hall–Kier alpha value is -1.56. The second-order valence-corrected chi connectivity index (χ2v) is 4.55. The lowest BCUT2D eigenvalue weighted by Gasteiger charge is -2.06. The maximum absolute atomic E-state index is 11.7. The number of nitrogen functional groups attached to an aromatic ring is 1. The third kappa shape index (κ3) is 4.37. The highest BCUT2D eigenvalue weighted by atomic mass is 79.9. The number of nitrogens with one attached hydrogen (secondary N) is 2. The van der Waals surface area contributed by atoms with Crippen LogP contribution in [0.5, 0.6) is 0 Å². The molecule has 0 fully saturated rings. The molecule has 0 aliphatic heterocycles. The molecule has 5 nitrogen and oxygen atoms in total. The third-order valence-corrected chi connectivity index (χ3v) is 2.99. The minimum absolute atomic E-state index is 0.0758. The van der Waals surface area contributed by atoms with E-state index in [1.807, 2.05) is 6.92 Å². The van der Waals surface area contributed by atoms with Crippen molar-refractivity contribution in [2.75, 3.05) is 18.8 Å². The summed E-state index contributed by atoms with van der Waals surface area (Å²) in [5.74, 6) is -0.313. The molecule has 0 saturated heterocycles. The van der Waals surface area contributed by atoms with E-state index >= 15 is 0 Å². The number of carbonyl (C=O) groups excluding carboxylic acids is 2. The van der Waals surface area contributed by atoms with Crippen LogP contribution >= 0.6 is 15.9 Å². The van der Waals surface area contributed by atoms with E-state index in [1.54, 1.807) is 18.2 Å². The van der Waals surface area contributed by atoms with Crippen LogP contribution in [0.4, 0.5) is 5.69 Å². The van der Waals surface area contributed by atoms with Gasteiger partial charge in [0.15, 0.2) is 0 Å². The van der Waals surface area contributed by atoms with Gasteiger partial charge in [-0.05, 0) is 41.1 Å². The Balaban J connectivity index is 2.45. The summed E-state index contributed by atoms with van der Waals surface area (Å²) in [4.78, 5) is 22.9. The number of anilines is 1. The largest absolute Gasteiger partial charge is 0.398 e. The Labute approximate surface area is 114 Å². The van der Waals surface area contributed by atoms with Crippen molar-refractivity contribution in [3.8, 4) is 0 Å². The second-order valence-electron chi connectivity index (χ2n) is 3.70. The van der Waals surface area contributed by atoms with Gasteiger partial charge in [-0.3, -0.25) is 9.59 Å². The van der Waals surface area contributed by atoms with Crippen molar-refractivity contribution in [1.82, 2.24) is 10.6 Å². The van der Waals surface area contributed by atoms with Gasteiger partial charge in [-0.1, -0.05) is 0 Å². The van der Waals surface area contributed by atoms with E-state index in [2.05, 4.69) is 26.6 Å². The molecule has 0 heterocycles. The maximum atomic E-state index is 11.7. The highest BCUT2D eigenvalue weighted by Gasteiger charge is 2.07. The lowest BCUT2D eigenvalue weighted by Crippen LogP contribution is -2.30. The summed E-state index contributed by atoms with van der Waals surface area (Å²) in [5, 5.41) is 5.32. The Morgan fingerprint density at radius 1 is 1.33 bits per heavy atom. The third-order valence-electron chi connectivity index (χ3n) is 2.27. The molecule has 0 bridgehead atoms. The average Bonchev–Trinajstić information content (AvgIpc) is 2.33. The predicted octanol–water partition coefficient (Wildman–Crippen LogP) is 1.29. The summed E-state index contributed by atoms with van der Waals surface area (Å²) in [6, 6.07) is 4.97. The van der Waals surface area contributed by atoms with E-state index in [9.17, 15) is 9.59 Å². The molecule has 0 unspecified atom stereocenters. The molecule has 0 aliphatic carbocycles. The molecule has 1 aromatic rings. The van der Waals surface area contributed by atoms with Crippen LogP contribution in [0.25, 0.3) is 0 Å². The lowest BCUT2D eigenvalue weighted by molar-refractivity contribution is -0.120. The lowest BCUT2D eigenvalue weighted by atomic mass is 10.2. The SMILES string of the molecule is CCNC(=O)CCNC(=O)c1ccc(Br)c(N)c1. The topological polar surface area (TPSA) is 84.2 Å². The summed E-state index contributed by atoms with van der Waals surface area (Å²) in [6.07, 6.45) is 0.269. The molecule has 2 amide bonds. The Morgan fingerprint density at radius 2 is 2.06 bits per heavy atom.